The second-order valence-corrected chi connectivity index (χ2v) is 30.4. The Kier molecular flexibility index (Phi) is 65.5. The Morgan fingerprint density at radius 3 is 0.755 bits per heavy atom. The first-order valence-electron chi connectivity index (χ1n) is 39.1. The van der Waals surface area contributed by atoms with Crippen molar-refractivity contribution in [1.29, 1.82) is 0 Å². The summed E-state index contributed by atoms with van der Waals surface area (Å²) in [7, 11) is -9.90. The number of hydrogen-bond acceptors (Lipinski definition) is 15. The molecule has 0 aliphatic rings. The van der Waals surface area contributed by atoms with Crippen LogP contribution in [0.3, 0.4) is 0 Å². The van der Waals surface area contributed by atoms with Crippen molar-refractivity contribution in [3.05, 3.63) is 0 Å². The molecular formula is C75H146O17P2. The van der Waals surface area contributed by atoms with Gasteiger partial charge in [-0.1, -0.05) is 337 Å². The zero-order valence-corrected chi connectivity index (χ0v) is 63.1. The molecule has 7 atom stereocenters. The molecule has 4 unspecified atom stereocenters. The molecule has 558 valence electrons. The highest BCUT2D eigenvalue weighted by Gasteiger charge is 2.30. The summed E-state index contributed by atoms with van der Waals surface area (Å²) in [6.45, 7) is 9.65. The summed E-state index contributed by atoms with van der Waals surface area (Å²) in [5.41, 5.74) is 0. The van der Waals surface area contributed by atoms with Crippen LogP contribution in [-0.4, -0.2) is 96.7 Å². The molecule has 0 aliphatic carbocycles. The lowest BCUT2D eigenvalue weighted by molar-refractivity contribution is -0.161. The summed E-state index contributed by atoms with van der Waals surface area (Å²) < 4.78 is 68.4. The van der Waals surface area contributed by atoms with Crippen molar-refractivity contribution in [2.45, 2.75) is 407 Å². The number of unbranched alkanes of at least 4 members (excludes halogenated alkanes) is 42. The molecule has 0 aromatic carbocycles. The van der Waals surface area contributed by atoms with Crippen molar-refractivity contribution < 1.29 is 80.2 Å². The molecule has 0 saturated heterocycles. The molecule has 3 N–H and O–H groups in total. The standard InChI is InChI=1S/C75H146O17P2/c1-7-11-13-15-17-18-27-35-41-47-53-59-74(79)91-70(63-85-72(77)57-51-45-37-16-14-12-8-2)65-89-93(81,82)87-61-69(76)62-88-94(83,84)90-66-71(92-75(80)60-54-48-42-36-31-26-22-20-24-29-33-39-44-50-56-68(6)10-4)64-86-73(78)58-52-46-40-34-30-25-21-19-23-28-32-38-43-49-55-67(5)9-3/h67-71,76H,7-66H2,1-6H3,(H,81,82)(H,83,84)/t67?,68?,69-,70+,71+/m0/s1. The van der Waals surface area contributed by atoms with Crippen molar-refractivity contribution in [2.75, 3.05) is 39.6 Å². The summed E-state index contributed by atoms with van der Waals surface area (Å²) in [6, 6.07) is 0. The van der Waals surface area contributed by atoms with Crippen LogP contribution in [-0.2, 0) is 65.4 Å². The van der Waals surface area contributed by atoms with Gasteiger partial charge in [0.05, 0.1) is 26.4 Å². The Labute approximate surface area is 575 Å². The van der Waals surface area contributed by atoms with E-state index in [-0.39, 0.29) is 25.7 Å². The molecule has 0 rings (SSSR count). The van der Waals surface area contributed by atoms with Crippen molar-refractivity contribution in [1.82, 2.24) is 0 Å². The van der Waals surface area contributed by atoms with Gasteiger partial charge in [-0.2, -0.15) is 0 Å². The maximum absolute atomic E-state index is 13.1. The fourth-order valence-corrected chi connectivity index (χ4v) is 13.0. The number of phosphoric acid groups is 2. The average Bonchev–Trinajstić information content (AvgIpc) is 3.09. The van der Waals surface area contributed by atoms with Crippen LogP contribution < -0.4 is 0 Å². The van der Waals surface area contributed by atoms with E-state index in [1.165, 1.54) is 193 Å². The van der Waals surface area contributed by atoms with Gasteiger partial charge in [-0.05, 0) is 37.5 Å². The molecule has 0 heterocycles. The number of aliphatic hydroxyl groups excluding tert-OH is 1. The summed E-state index contributed by atoms with van der Waals surface area (Å²) in [5, 5.41) is 10.6. The number of carbonyl (C=O) groups excluding carboxylic acids is 4. The van der Waals surface area contributed by atoms with Crippen LogP contribution in [0.5, 0.6) is 0 Å². The SMILES string of the molecule is CCCCCCCCCCCCCC(=O)O[C@H](COC(=O)CCCCCCCCC)COP(=O)(O)OC[C@H](O)COP(=O)(O)OC[C@@H](COC(=O)CCCCCCCCCCCCCCCCC(C)CC)OC(=O)CCCCCCCCCCCCCCCCC(C)CC. The van der Waals surface area contributed by atoms with Gasteiger partial charge in [-0.3, -0.25) is 37.3 Å². The van der Waals surface area contributed by atoms with Crippen molar-refractivity contribution in [3.8, 4) is 0 Å². The number of aliphatic hydroxyl groups is 1. The first-order chi connectivity index (χ1) is 45.4. The molecule has 0 bridgehead atoms. The molecule has 0 amide bonds. The second-order valence-electron chi connectivity index (χ2n) is 27.5. The second kappa shape index (κ2) is 66.9. The lowest BCUT2D eigenvalue weighted by Crippen LogP contribution is -2.30. The molecular weight excluding hydrogens is 1230 g/mol. The highest BCUT2D eigenvalue weighted by atomic mass is 31.2. The third kappa shape index (κ3) is 66.0. The van der Waals surface area contributed by atoms with Gasteiger partial charge in [-0.15, -0.1) is 0 Å². The molecule has 0 aromatic heterocycles. The summed E-state index contributed by atoms with van der Waals surface area (Å²) >= 11 is 0. The van der Waals surface area contributed by atoms with E-state index in [4.69, 9.17) is 37.0 Å². The lowest BCUT2D eigenvalue weighted by atomic mass is 9.99. The molecule has 0 fully saturated rings. The van der Waals surface area contributed by atoms with E-state index in [0.717, 1.165) is 115 Å². The Bertz CT molecular complexity index is 1820. The molecule has 0 aliphatic heterocycles. The van der Waals surface area contributed by atoms with E-state index in [1.54, 1.807) is 0 Å². The Morgan fingerprint density at radius 1 is 0.298 bits per heavy atom. The summed E-state index contributed by atoms with van der Waals surface area (Å²) in [6.07, 6.45) is 54.1. The quantitative estimate of drug-likeness (QED) is 0.0222. The third-order valence-electron chi connectivity index (χ3n) is 18.2. The number of hydrogen-bond donors (Lipinski definition) is 3. The largest absolute Gasteiger partial charge is 0.472 e. The Morgan fingerprint density at radius 2 is 0.511 bits per heavy atom. The molecule has 0 saturated carbocycles. The maximum Gasteiger partial charge on any atom is 0.472 e. The average molecular weight is 1380 g/mol. The van der Waals surface area contributed by atoms with Crippen molar-refractivity contribution >= 4 is 39.5 Å². The minimum Gasteiger partial charge on any atom is -0.462 e. The van der Waals surface area contributed by atoms with E-state index in [0.29, 0.717) is 25.7 Å². The van der Waals surface area contributed by atoms with Gasteiger partial charge in [0.15, 0.2) is 12.2 Å². The van der Waals surface area contributed by atoms with E-state index in [9.17, 15) is 43.2 Å². The number of rotatable bonds is 74. The summed E-state index contributed by atoms with van der Waals surface area (Å²) in [4.78, 5) is 72.6. The third-order valence-corrected chi connectivity index (χ3v) is 20.1. The van der Waals surface area contributed by atoms with Gasteiger partial charge < -0.3 is 33.8 Å². The van der Waals surface area contributed by atoms with Gasteiger partial charge >= 0.3 is 39.5 Å². The predicted molar refractivity (Wildman–Crippen MR) is 381 cm³/mol. The molecule has 94 heavy (non-hydrogen) atoms. The fourth-order valence-electron chi connectivity index (χ4n) is 11.4. The number of carbonyl (C=O) groups is 4. The van der Waals surface area contributed by atoms with E-state index in [2.05, 4.69) is 41.5 Å². The predicted octanol–water partition coefficient (Wildman–Crippen LogP) is 21.9. The zero-order chi connectivity index (χ0) is 69.3. The Balaban J connectivity index is 5.19. The summed E-state index contributed by atoms with van der Waals surface area (Å²) in [5.74, 6) is -0.425. The highest BCUT2D eigenvalue weighted by molar-refractivity contribution is 7.47. The van der Waals surface area contributed by atoms with Gasteiger partial charge in [0.2, 0.25) is 0 Å². The zero-order valence-electron chi connectivity index (χ0n) is 61.3. The van der Waals surface area contributed by atoms with Gasteiger partial charge in [0, 0.05) is 25.7 Å². The van der Waals surface area contributed by atoms with Crippen LogP contribution in [0.4, 0.5) is 0 Å². The molecule has 19 heteroatoms. The normalized spacial score (nSPS) is 14.6. The van der Waals surface area contributed by atoms with Gasteiger partial charge in [0.1, 0.15) is 19.3 Å². The highest BCUT2D eigenvalue weighted by Crippen LogP contribution is 2.45. The van der Waals surface area contributed by atoms with Crippen LogP contribution in [0.2, 0.25) is 0 Å². The molecule has 0 radical (unpaired) electrons. The van der Waals surface area contributed by atoms with Crippen LogP contribution in [0.25, 0.3) is 0 Å². The maximum atomic E-state index is 13.1. The van der Waals surface area contributed by atoms with E-state index in [1.807, 2.05) is 0 Å². The van der Waals surface area contributed by atoms with Crippen LogP contribution in [0.1, 0.15) is 388 Å². The fraction of sp³-hybridized carbons (Fsp3) is 0.947. The molecule has 17 nitrogen and oxygen atoms in total. The number of ether oxygens (including phenoxy) is 4. The van der Waals surface area contributed by atoms with Crippen molar-refractivity contribution in [3.63, 3.8) is 0 Å². The van der Waals surface area contributed by atoms with Gasteiger partial charge in [0.25, 0.3) is 0 Å². The van der Waals surface area contributed by atoms with Crippen molar-refractivity contribution in [2.24, 2.45) is 11.8 Å². The van der Waals surface area contributed by atoms with Gasteiger partial charge in [-0.25, -0.2) is 9.13 Å². The lowest BCUT2D eigenvalue weighted by Gasteiger charge is -2.21. The van der Waals surface area contributed by atoms with Crippen LogP contribution in [0.15, 0.2) is 0 Å². The first-order valence-corrected chi connectivity index (χ1v) is 42.1. The monoisotopic (exact) mass is 1380 g/mol. The smallest absolute Gasteiger partial charge is 0.462 e. The Hall–Kier alpha value is -1.94. The van der Waals surface area contributed by atoms with E-state index < -0.39 is 97.5 Å². The molecule has 0 spiro atoms. The van der Waals surface area contributed by atoms with Crippen LogP contribution >= 0.6 is 15.6 Å². The minimum atomic E-state index is -4.96. The minimum absolute atomic E-state index is 0.107. The number of esters is 4. The first kappa shape index (κ1) is 92.1. The molecule has 0 aromatic rings. The topological polar surface area (TPSA) is 237 Å². The van der Waals surface area contributed by atoms with Crippen LogP contribution in [0, 0.1) is 11.8 Å². The van der Waals surface area contributed by atoms with E-state index >= 15 is 0 Å². The number of phosphoric ester groups is 2.